The van der Waals surface area contributed by atoms with Crippen molar-refractivity contribution in [3.63, 3.8) is 0 Å². The number of rotatable bonds is 4. The molecule has 0 rings (SSSR count). The number of carbonyl (C=O) groups excluding carboxylic acids is 1. The summed E-state index contributed by atoms with van der Waals surface area (Å²) in [5.41, 5.74) is -0.454. The van der Waals surface area contributed by atoms with E-state index in [1.807, 2.05) is 27.7 Å². The molecule has 3 nitrogen and oxygen atoms in total. The second kappa shape index (κ2) is 5.81. The van der Waals surface area contributed by atoms with Gasteiger partial charge in [0.1, 0.15) is 5.60 Å². The van der Waals surface area contributed by atoms with Gasteiger partial charge in [0.25, 0.3) is 0 Å². The average molecular weight is 200 g/mol. The monoisotopic (exact) mass is 200 g/mol. The molecule has 0 aliphatic heterocycles. The molecule has 3 heteroatoms. The van der Waals surface area contributed by atoms with Crippen molar-refractivity contribution in [3.8, 4) is 0 Å². The molecule has 0 aromatic carbocycles. The summed E-state index contributed by atoms with van der Waals surface area (Å²) in [4.78, 5) is 11.1. The maximum absolute atomic E-state index is 11.1. The molecule has 0 aromatic heterocycles. The number of ether oxygens (including phenoxy) is 1. The summed E-state index contributed by atoms with van der Waals surface area (Å²) < 4.78 is 5.05. The minimum atomic E-state index is -0.454. The van der Waals surface area contributed by atoms with E-state index in [0.717, 1.165) is 0 Å². The molecular formula is C11H20O3. The first-order chi connectivity index (χ1) is 6.35. The van der Waals surface area contributed by atoms with Crippen molar-refractivity contribution in [3.05, 3.63) is 12.2 Å². The lowest BCUT2D eigenvalue weighted by Crippen LogP contribution is -2.22. The Balaban J connectivity index is 3.83. The summed E-state index contributed by atoms with van der Waals surface area (Å²) in [5, 5.41) is 9.20. The van der Waals surface area contributed by atoms with E-state index in [4.69, 9.17) is 4.74 Å². The highest BCUT2D eigenvalue weighted by Crippen LogP contribution is 2.07. The SMILES string of the molecule is CC[C@H](O)CC=CC(=O)OC(C)(C)C. The maximum Gasteiger partial charge on any atom is 0.330 e. The molecule has 0 aliphatic carbocycles. The van der Waals surface area contributed by atoms with E-state index in [0.29, 0.717) is 12.8 Å². The third kappa shape index (κ3) is 7.80. The predicted molar refractivity (Wildman–Crippen MR) is 55.9 cm³/mol. The zero-order valence-electron chi connectivity index (χ0n) is 9.41. The van der Waals surface area contributed by atoms with Gasteiger partial charge in [-0.25, -0.2) is 4.79 Å². The zero-order valence-corrected chi connectivity index (χ0v) is 9.41. The molecule has 14 heavy (non-hydrogen) atoms. The third-order valence-corrected chi connectivity index (χ3v) is 1.54. The molecule has 82 valence electrons. The number of aliphatic hydroxyl groups is 1. The molecule has 0 spiro atoms. The maximum atomic E-state index is 11.1. The van der Waals surface area contributed by atoms with Crippen molar-refractivity contribution in [2.75, 3.05) is 0 Å². The topological polar surface area (TPSA) is 46.5 Å². The Morgan fingerprint density at radius 2 is 2.07 bits per heavy atom. The third-order valence-electron chi connectivity index (χ3n) is 1.54. The highest BCUT2D eigenvalue weighted by Gasteiger charge is 2.13. The van der Waals surface area contributed by atoms with Gasteiger partial charge in [0, 0.05) is 6.08 Å². The van der Waals surface area contributed by atoms with Crippen LogP contribution in [0.5, 0.6) is 0 Å². The van der Waals surface area contributed by atoms with Crippen LogP contribution in [-0.2, 0) is 9.53 Å². The van der Waals surface area contributed by atoms with Crippen LogP contribution in [0.2, 0.25) is 0 Å². The molecule has 0 saturated carbocycles. The van der Waals surface area contributed by atoms with Crippen LogP contribution < -0.4 is 0 Å². The molecule has 0 unspecified atom stereocenters. The van der Waals surface area contributed by atoms with E-state index in [1.165, 1.54) is 6.08 Å². The molecule has 0 heterocycles. The van der Waals surface area contributed by atoms with Crippen molar-refractivity contribution >= 4 is 5.97 Å². The van der Waals surface area contributed by atoms with Crippen LogP contribution in [-0.4, -0.2) is 22.8 Å². The van der Waals surface area contributed by atoms with Gasteiger partial charge < -0.3 is 9.84 Å². The summed E-state index contributed by atoms with van der Waals surface area (Å²) >= 11 is 0. The predicted octanol–water partition coefficient (Wildman–Crippen LogP) is 2.05. The fourth-order valence-corrected chi connectivity index (χ4v) is 0.824. The van der Waals surface area contributed by atoms with E-state index in [2.05, 4.69) is 0 Å². The fraction of sp³-hybridized carbons (Fsp3) is 0.727. The Hall–Kier alpha value is -0.830. The summed E-state index contributed by atoms with van der Waals surface area (Å²) in [6.07, 6.45) is 3.83. The summed E-state index contributed by atoms with van der Waals surface area (Å²) in [6, 6.07) is 0. The second-order valence-electron chi connectivity index (χ2n) is 4.23. The molecule has 1 atom stereocenters. The molecule has 0 bridgehead atoms. The molecule has 0 aromatic rings. The van der Waals surface area contributed by atoms with Crippen molar-refractivity contribution in [2.45, 2.75) is 52.2 Å². The lowest BCUT2D eigenvalue weighted by atomic mass is 10.2. The summed E-state index contributed by atoms with van der Waals surface area (Å²) in [6.45, 7) is 7.35. The van der Waals surface area contributed by atoms with Crippen LogP contribution in [0, 0.1) is 0 Å². The lowest BCUT2D eigenvalue weighted by molar-refractivity contribution is -0.148. The fourth-order valence-electron chi connectivity index (χ4n) is 0.824. The molecule has 0 amide bonds. The highest BCUT2D eigenvalue weighted by atomic mass is 16.6. The van der Waals surface area contributed by atoms with Gasteiger partial charge in [-0.1, -0.05) is 13.0 Å². The van der Waals surface area contributed by atoms with Gasteiger partial charge in [-0.05, 0) is 33.6 Å². The van der Waals surface area contributed by atoms with Crippen molar-refractivity contribution in [2.24, 2.45) is 0 Å². The van der Waals surface area contributed by atoms with E-state index in [-0.39, 0.29) is 12.1 Å². The summed E-state index contributed by atoms with van der Waals surface area (Å²) in [5.74, 6) is -0.360. The van der Waals surface area contributed by atoms with Gasteiger partial charge in [0.15, 0.2) is 0 Å². The Bertz CT molecular complexity index is 201. The van der Waals surface area contributed by atoms with Crippen LogP contribution in [0.25, 0.3) is 0 Å². The number of esters is 1. The molecule has 1 N–H and O–H groups in total. The second-order valence-corrected chi connectivity index (χ2v) is 4.23. The van der Waals surface area contributed by atoms with E-state index in [1.54, 1.807) is 6.08 Å². The Morgan fingerprint density at radius 1 is 1.50 bits per heavy atom. The van der Waals surface area contributed by atoms with Gasteiger partial charge in [-0.2, -0.15) is 0 Å². The number of hydrogen-bond acceptors (Lipinski definition) is 3. The quantitative estimate of drug-likeness (QED) is 0.558. The smallest absolute Gasteiger partial charge is 0.330 e. The first-order valence-electron chi connectivity index (χ1n) is 4.92. The number of hydrogen-bond donors (Lipinski definition) is 1. The Kier molecular flexibility index (Phi) is 5.46. The molecule has 0 fully saturated rings. The van der Waals surface area contributed by atoms with Crippen molar-refractivity contribution < 1.29 is 14.6 Å². The van der Waals surface area contributed by atoms with Crippen molar-refractivity contribution in [1.82, 2.24) is 0 Å². The molecule has 0 radical (unpaired) electrons. The molecule has 0 saturated heterocycles. The molecule has 0 aliphatic rings. The van der Waals surface area contributed by atoms with Gasteiger partial charge in [0.05, 0.1) is 6.10 Å². The van der Waals surface area contributed by atoms with Gasteiger partial charge in [0.2, 0.25) is 0 Å². The van der Waals surface area contributed by atoms with Crippen LogP contribution >= 0.6 is 0 Å². The highest BCUT2D eigenvalue weighted by molar-refractivity contribution is 5.82. The average Bonchev–Trinajstić information content (AvgIpc) is 2.00. The summed E-state index contributed by atoms with van der Waals surface area (Å²) in [7, 11) is 0. The van der Waals surface area contributed by atoms with Gasteiger partial charge >= 0.3 is 5.97 Å². The lowest BCUT2D eigenvalue weighted by Gasteiger charge is -2.17. The van der Waals surface area contributed by atoms with Gasteiger partial charge in [-0.3, -0.25) is 0 Å². The van der Waals surface area contributed by atoms with E-state index < -0.39 is 5.60 Å². The first kappa shape index (κ1) is 13.2. The number of aliphatic hydroxyl groups excluding tert-OH is 1. The standard InChI is InChI=1S/C11H20O3/c1-5-9(12)7-6-8-10(13)14-11(2,3)4/h6,8-9,12H,5,7H2,1-4H3/t9-/m0/s1. The minimum absolute atomic E-state index is 0.360. The minimum Gasteiger partial charge on any atom is -0.457 e. The Labute approximate surface area is 85.8 Å². The Morgan fingerprint density at radius 3 is 2.50 bits per heavy atom. The van der Waals surface area contributed by atoms with Crippen molar-refractivity contribution in [1.29, 1.82) is 0 Å². The van der Waals surface area contributed by atoms with Crippen LogP contribution in [0.4, 0.5) is 0 Å². The zero-order chi connectivity index (χ0) is 11.2. The van der Waals surface area contributed by atoms with Crippen LogP contribution in [0.15, 0.2) is 12.2 Å². The van der Waals surface area contributed by atoms with E-state index in [9.17, 15) is 9.90 Å². The van der Waals surface area contributed by atoms with Crippen LogP contribution in [0.1, 0.15) is 40.5 Å². The molecular weight excluding hydrogens is 180 g/mol. The number of carbonyl (C=O) groups is 1. The van der Waals surface area contributed by atoms with E-state index >= 15 is 0 Å². The van der Waals surface area contributed by atoms with Gasteiger partial charge in [-0.15, -0.1) is 0 Å². The first-order valence-corrected chi connectivity index (χ1v) is 4.92. The normalized spacial score (nSPS) is 14.4. The largest absolute Gasteiger partial charge is 0.457 e. The van der Waals surface area contributed by atoms with Crippen LogP contribution in [0.3, 0.4) is 0 Å².